The maximum absolute atomic E-state index is 12.3. The third-order valence-electron chi connectivity index (χ3n) is 5.71. The van der Waals surface area contributed by atoms with Gasteiger partial charge in [-0.2, -0.15) is 0 Å². The van der Waals surface area contributed by atoms with Crippen LogP contribution >= 0.6 is 0 Å². The summed E-state index contributed by atoms with van der Waals surface area (Å²) in [7, 11) is 0. The first kappa shape index (κ1) is 21.1. The van der Waals surface area contributed by atoms with Crippen LogP contribution in [0.4, 0.5) is 0 Å². The number of hydrogen-bond acceptors (Lipinski definition) is 3. The molecule has 3 rings (SSSR count). The van der Waals surface area contributed by atoms with Gasteiger partial charge in [0.15, 0.2) is 0 Å². The van der Waals surface area contributed by atoms with Gasteiger partial charge in [0.25, 0.3) is 0 Å². The van der Waals surface area contributed by atoms with E-state index in [1.807, 2.05) is 27.7 Å². The molecular weight excluding hydrogens is 276 g/mol. The largest absolute Gasteiger partial charge is 0.462 e. The number of Topliss-reactive ketones (excluding diaryl/α,β-unsaturated/α-hetero) is 1. The first-order chi connectivity index (χ1) is 9.44. The average Bonchev–Trinajstić information content (AvgIpc) is 3.05. The highest BCUT2D eigenvalue weighted by Crippen LogP contribution is 2.58. The van der Waals surface area contributed by atoms with Crippen LogP contribution in [-0.4, -0.2) is 17.9 Å². The monoisotopic (exact) mass is 312 g/mol. The van der Waals surface area contributed by atoms with Crippen molar-refractivity contribution in [1.29, 1.82) is 0 Å². The van der Waals surface area contributed by atoms with E-state index in [1.165, 1.54) is 0 Å². The van der Waals surface area contributed by atoms with Crippen LogP contribution in [0.15, 0.2) is 0 Å². The summed E-state index contributed by atoms with van der Waals surface area (Å²) in [5, 5.41) is 0. The molecule has 0 aromatic heterocycles. The molecule has 0 radical (unpaired) electrons. The predicted molar refractivity (Wildman–Crippen MR) is 91.6 cm³/mol. The fourth-order valence-electron chi connectivity index (χ4n) is 4.05. The van der Waals surface area contributed by atoms with Crippen molar-refractivity contribution >= 4 is 11.8 Å². The lowest BCUT2D eigenvalue weighted by Crippen LogP contribution is -2.33. The van der Waals surface area contributed by atoms with E-state index in [1.54, 1.807) is 0 Å². The van der Waals surface area contributed by atoms with Crippen molar-refractivity contribution in [3.8, 4) is 0 Å². The third-order valence-corrected chi connectivity index (χ3v) is 5.71. The van der Waals surface area contributed by atoms with Crippen LogP contribution in [0.5, 0.6) is 0 Å². The SMILES string of the molecule is C.C.CC.CCC(C)(C)C(=O)CC1C2CC3C(=O)OC1C3C2. The van der Waals surface area contributed by atoms with Gasteiger partial charge in [-0.05, 0) is 25.2 Å². The Labute approximate surface area is 137 Å². The molecular formula is C19H36O3. The molecule has 0 aromatic carbocycles. The number of esters is 1. The number of carbonyl (C=O) groups is 2. The molecule has 3 aliphatic rings. The number of fused-ring (bicyclic) bond motifs is 1. The summed E-state index contributed by atoms with van der Waals surface area (Å²) >= 11 is 0. The first-order valence-corrected chi connectivity index (χ1v) is 8.18. The van der Waals surface area contributed by atoms with E-state index in [9.17, 15) is 9.59 Å². The molecule has 0 spiro atoms. The van der Waals surface area contributed by atoms with E-state index >= 15 is 0 Å². The van der Waals surface area contributed by atoms with Gasteiger partial charge in [-0.15, -0.1) is 0 Å². The van der Waals surface area contributed by atoms with Gasteiger partial charge in [0.2, 0.25) is 0 Å². The van der Waals surface area contributed by atoms with E-state index in [4.69, 9.17) is 4.74 Å². The third kappa shape index (κ3) is 3.23. The zero-order valence-corrected chi connectivity index (χ0v) is 13.4. The number of carbonyl (C=O) groups excluding carboxylic acids is 2. The lowest BCUT2D eigenvalue weighted by atomic mass is 9.75. The topological polar surface area (TPSA) is 43.4 Å². The van der Waals surface area contributed by atoms with Crippen molar-refractivity contribution in [3.63, 3.8) is 0 Å². The quantitative estimate of drug-likeness (QED) is 0.695. The molecule has 3 heteroatoms. The van der Waals surface area contributed by atoms with Gasteiger partial charge < -0.3 is 4.74 Å². The fourth-order valence-corrected chi connectivity index (χ4v) is 4.05. The highest BCUT2D eigenvalue weighted by atomic mass is 16.6. The lowest BCUT2D eigenvalue weighted by Gasteiger charge is -2.28. The minimum absolute atomic E-state index is 0. The Bertz CT molecular complexity index is 399. The molecule has 22 heavy (non-hydrogen) atoms. The number of ketones is 1. The maximum atomic E-state index is 12.3. The molecule has 5 atom stereocenters. The Hall–Kier alpha value is -0.860. The van der Waals surface area contributed by atoms with Crippen molar-refractivity contribution < 1.29 is 14.3 Å². The van der Waals surface area contributed by atoms with Crippen molar-refractivity contribution in [2.45, 2.75) is 81.3 Å². The van der Waals surface area contributed by atoms with Crippen LogP contribution in [0.1, 0.15) is 75.2 Å². The summed E-state index contributed by atoms with van der Waals surface area (Å²) in [4.78, 5) is 24.0. The molecule has 0 N–H and O–H groups in total. The highest BCUT2D eigenvalue weighted by Gasteiger charge is 2.61. The van der Waals surface area contributed by atoms with Gasteiger partial charge in [0, 0.05) is 23.7 Å². The van der Waals surface area contributed by atoms with Gasteiger partial charge in [0.05, 0.1) is 5.92 Å². The van der Waals surface area contributed by atoms with Crippen LogP contribution in [0, 0.1) is 29.1 Å². The molecule has 130 valence electrons. The van der Waals surface area contributed by atoms with Crippen molar-refractivity contribution in [3.05, 3.63) is 0 Å². The molecule has 3 nitrogen and oxygen atoms in total. The van der Waals surface area contributed by atoms with E-state index in [2.05, 4.69) is 6.92 Å². The van der Waals surface area contributed by atoms with E-state index in [-0.39, 0.29) is 38.3 Å². The molecule has 0 amide bonds. The van der Waals surface area contributed by atoms with Crippen LogP contribution in [0.25, 0.3) is 0 Å². The van der Waals surface area contributed by atoms with E-state index < -0.39 is 0 Å². The van der Waals surface area contributed by atoms with Crippen molar-refractivity contribution in [1.82, 2.24) is 0 Å². The second-order valence-electron chi connectivity index (χ2n) is 6.93. The van der Waals surface area contributed by atoms with Crippen LogP contribution in [0.3, 0.4) is 0 Å². The molecule has 3 fully saturated rings. The van der Waals surface area contributed by atoms with Gasteiger partial charge in [-0.3, -0.25) is 9.59 Å². The minimum atomic E-state index is -0.232. The Kier molecular flexibility index (Phi) is 7.31. The lowest BCUT2D eigenvalue weighted by molar-refractivity contribution is -0.145. The number of rotatable bonds is 4. The average molecular weight is 312 g/mol. The summed E-state index contributed by atoms with van der Waals surface area (Å²) in [6.07, 6.45) is 3.60. The molecule has 1 aliphatic heterocycles. The van der Waals surface area contributed by atoms with Gasteiger partial charge in [-0.25, -0.2) is 0 Å². The number of hydrogen-bond donors (Lipinski definition) is 0. The molecule has 0 aromatic rings. The smallest absolute Gasteiger partial charge is 0.309 e. The van der Waals surface area contributed by atoms with Gasteiger partial charge >= 0.3 is 5.97 Å². The number of ether oxygens (including phenoxy) is 1. The van der Waals surface area contributed by atoms with Crippen molar-refractivity contribution in [2.75, 3.05) is 0 Å². The van der Waals surface area contributed by atoms with E-state index in [0.29, 0.717) is 30.0 Å². The van der Waals surface area contributed by atoms with Gasteiger partial charge in [-0.1, -0.05) is 49.5 Å². The van der Waals surface area contributed by atoms with Crippen LogP contribution in [-0.2, 0) is 14.3 Å². The van der Waals surface area contributed by atoms with Gasteiger partial charge in [0.1, 0.15) is 11.9 Å². The Morgan fingerprint density at radius 2 is 1.82 bits per heavy atom. The molecule has 2 saturated carbocycles. The summed E-state index contributed by atoms with van der Waals surface area (Å²) in [6.45, 7) is 10.1. The molecule has 1 saturated heterocycles. The summed E-state index contributed by atoms with van der Waals surface area (Å²) in [5.41, 5.74) is -0.232. The standard InChI is InChI=1S/C15H22O3.C2H6.2CH4/c1-4-15(2,3)12(16)7-9-8-5-10-11(6-8)14(17)18-13(9)10;1-2;;/h8-11,13H,4-7H2,1-3H3;1-2H3;2*1H4. The Balaban J connectivity index is 0.00000106. The second kappa shape index (κ2) is 7.61. The summed E-state index contributed by atoms with van der Waals surface area (Å²) in [5.74, 6) is 1.76. The predicted octanol–water partition coefficient (Wildman–Crippen LogP) is 4.88. The summed E-state index contributed by atoms with van der Waals surface area (Å²) in [6, 6.07) is 0. The molecule has 1 heterocycles. The Morgan fingerprint density at radius 1 is 1.23 bits per heavy atom. The van der Waals surface area contributed by atoms with E-state index in [0.717, 1.165) is 19.3 Å². The first-order valence-electron chi connectivity index (χ1n) is 8.18. The fraction of sp³-hybridized carbons (Fsp3) is 0.895. The maximum Gasteiger partial charge on any atom is 0.309 e. The van der Waals surface area contributed by atoms with Crippen molar-refractivity contribution in [2.24, 2.45) is 29.1 Å². The zero-order chi connectivity index (χ0) is 15.1. The molecule has 5 unspecified atom stereocenters. The normalized spacial score (nSPS) is 34.0. The molecule has 2 aliphatic carbocycles. The molecule has 2 bridgehead atoms. The van der Waals surface area contributed by atoms with Crippen LogP contribution in [0.2, 0.25) is 0 Å². The zero-order valence-electron chi connectivity index (χ0n) is 13.4. The summed E-state index contributed by atoms with van der Waals surface area (Å²) < 4.78 is 5.51. The van der Waals surface area contributed by atoms with Crippen LogP contribution < -0.4 is 0 Å². The second-order valence-corrected chi connectivity index (χ2v) is 6.93. The highest BCUT2D eigenvalue weighted by molar-refractivity contribution is 5.84. The minimum Gasteiger partial charge on any atom is -0.462 e. The Morgan fingerprint density at radius 3 is 2.36 bits per heavy atom.